The van der Waals surface area contributed by atoms with Crippen molar-refractivity contribution in [2.45, 2.75) is 19.4 Å². The Morgan fingerprint density at radius 2 is 1.94 bits per heavy atom. The third-order valence-corrected chi connectivity index (χ3v) is 3.33. The molecule has 1 aromatic rings. The Kier molecular flexibility index (Phi) is 3.32. The van der Waals surface area contributed by atoms with Crippen molar-refractivity contribution in [2.75, 3.05) is 6.54 Å². The maximum absolute atomic E-state index is 12.9. The van der Waals surface area contributed by atoms with Crippen LogP contribution in [0.3, 0.4) is 0 Å². The number of aliphatic carboxylic acids is 1. The summed E-state index contributed by atoms with van der Waals surface area (Å²) in [5.41, 5.74) is 0.663. The largest absolute Gasteiger partial charge is 0.481 e. The van der Waals surface area contributed by atoms with Crippen molar-refractivity contribution < 1.29 is 19.1 Å². The summed E-state index contributed by atoms with van der Waals surface area (Å²) >= 11 is 0. The van der Waals surface area contributed by atoms with Gasteiger partial charge in [-0.2, -0.15) is 0 Å². The van der Waals surface area contributed by atoms with Gasteiger partial charge in [0.1, 0.15) is 5.82 Å². The van der Waals surface area contributed by atoms with Gasteiger partial charge in [-0.05, 0) is 24.1 Å². The van der Waals surface area contributed by atoms with E-state index in [4.69, 9.17) is 0 Å². The molecule has 2 rings (SSSR count). The van der Waals surface area contributed by atoms with Crippen LogP contribution in [0.25, 0.3) is 0 Å². The SMILES string of the molecule is CC(=O)N1CC[C@@H](C(=O)O)[C@H]1c1ccc(F)cc1. The van der Waals surface area contributed by atoms with Crippen LogP contribution in [0.5, 0.6) is 0 Å². The minimum absolute atomic E-state index is 0.159. The molecule has 96 valence electrons. The fraction of sp³-hybridized carbons (Fsp3) is 0.385. The number of carboxylic acid groups (broad SMARTS) is 1. The first kappa shape index (κ1) is 12.5. The second-order valence-corrected chi connectivity index (χ2v) is 4.44. The van der Waals surface area contributed by atoms with Crippen molar-refractivity contribution >= 4 is 11.9 Å². The van der Waals surface area contributed by atoms with Gasteiger partial charge in [0.25, 0.3) is 0 Å². The molecule has 1 saturated heterocycles. The Morgan fingerprint density at radius 1 is 1.33 bits per heavy atom. The smallest absolute Gasteiger partial charge is 0.309 e. The molecule has 1 fully saturated rings. The van der Waals surface area contributed by atoms with Gasteiger partial charge >= 0.3 is 5.97 Å². The number of benzene rings is 1. The molecule has 0 radical (unpaired) electrons. The van der Waals surface area contributed by atoms with E-state index in [1.807, 2.05) is 0 Å². The molecular weight excluding hydrogens is 237 g/mol. The standard InChI is InChI=1S/C13H14FNO3/c1-8(16)15-7-6-11(13(17)18)12(15)9-2-4-10(14)5-3-9/h2-5,11-12H,6-7H2,1H3,(H,17,18)/t11-,12-/m1/s1. The van der Waals surface area contributed by atoms with Gasteiger partial charge in [-0.15, -0.1) is 0 Å². The number of hydrogen-bond acceptors (Lipinski definition) is 2. The Bertz CT molecular complexity index is 450. The lowest BCUT2D eigenvalue weighted by Gasteiger charge is -2.26. The quantitative estimate of drug-likeness (QED) is 0.872. The number of carbonyl (C=O) groups excluding carboxylic acids is 1. The number of carbonyl (C=O) groups is 2. The van der Waals surface area contributed by atoms with Crippen molar-refractivity contribution in [1.82, 2.24) is 4.90 Å². The monoisotopic (exact) mass is 251 g/mol. The Labute approximate surface area is 104 Å². The molecule has 4 nitrogen and oxygen atoms in total. The highest BCUT2D eigenvalue weighted by molar-refractivity contribution is 5.78. The second kappa shape index (κ2) is 4.76. The van der Waals surface area contributed by atoms with Crippen LogP contribution in [-0.4, -0.2) is 28.4 Å². The lowest BCUT2D eigenvalue weighted by atomic mass is 9.94. The molecule has 1 heterocycles. The molecule has 0 spiro atoms. The van der Waals surface area contributed by atoms with E-state index in [1.165, 1.54) is 36.1 Å². The van der Waals surface area contributed by atoms with Crippen molar-refractivity contribution in [1.29, 1.82) is 0 Å². The third-order valence-electron chi connectivity index (χ3n) is 3.33. The van der Waals surface area contributed by atoms with Crippen LogP contribution in [0.4, 0.5) is 4.39 Å². The van der Waals surface area contributed by atoms with Crippen molar-refractivity contribution in [3.8, 4) is 0 Å². The van der Waals surface area contributed by atoms with Gasteiger partial charge in [0.2, 0.25) is 5.91 Å². The van der Waals surface area contributed by atoms with Crippen LogP contribution in [0.2, 0.25) is 0 Å². The average molecular weight is 251 g/mol. The van der Waals surface area contributed by atoms with E-state index in [2.05, 4.69) is 0 Å². The van der Waals surface area contributed by atoms with Gasteiger partial charge in [-0.3, -0.25) is 9.59 Å². The molecule has 0 aliphatic carbocycles. The minimum Gasteiger partial charge on any atom is -0.481 e. The number of carboxylic acids is 1. The summed E-state index contributed by atoms with van der Waals surface area (Å²) < 4.78 is 12.9. The molecule has 1 aliphatic heterocycles. The predicted molar refractivity (Wildman–Crippen MR) is 62.3 cm³/mol. The summed E-state index contributed by atoms with van der Waals surface area (Å²) in [6.45, 7) is 1.84. The molecule has 0 saturated carbocycles. The summed E-state index contributed by atoms with van der Waals surface area (Å²) in [6.07, 6.45) is 0.428. The third kappa shape index (κ3) is 2.20. The lowest BCUT2D eigenvalue weighted by molar-refractivity contribution is -0.143. The molecule has 2 atom stereocenters. The van der Waals surface area contributed by atoms with Gasteiger partial charge in [0.15, 0.2) is 0 Å². The molecule has 1 aliphatic rings. The van der Waals surface area contributed by atoms with E-state index < -0.39 is 17.9 Å². The summed E-state index contributed by atoms with van der Waals surface area (Å²) in [7, 11) is 0. The van der Waals surface area contributed by atoms with Crippen LogP contribution >= 0.6 is 0 Å². The van der Waals surface area contributed by atoms with E-state index >= 15 is 0 Å². The summed E-state index contributed by atoms with van der Waals surface area (Å²) in [4.78, 5) is 24.3. The van der Waals surface area contributed by atoms with E-state index in [-0.39, 0.29) is 11.7 Å². The molecule has 18 heavy (non-hydrogen) atoms. The topological polar surface area (TPSA) is 57.6 Å². The Hall–Kier alpha value is -1.91. The Balaban J connectivity index is 2.37. The van der Waals surface area contributed by atoms with E-state index in [0.717, 1.165) is 0 Å². The zero-order chi connectivity index (χ0) is 13.3. The highest BCUT2D eigenvalue weighted by atomic mass is 19.1. The van der Waals surface area contributed by atoms with Crippen LogP contribution in [-0.2, 0) is 9.59 Å². The van der Waals surface area contributed by atoms with Gasteiger partial charge < -0.3 is 10.0 Å². The number of nitrogens with zero attached hydrogens (tertiary/aromatic N) is 1. The van der Waals surface area contributed by atoms with Crippen molar-refractivity contribution in [2.24, 2.45) is 5.92 Å². The molecule has 0 aromatic heterocycles. The van der Waals surface area contributed by atoms with Gasteiger partial charge in [-0.25, -0.2) is 4.39 Å². The normalized spacial score (nSPS) is 23.1. The van der Waals surface area contributed by atoms with E-state index in [9.17, 15) is 19.1 Å². The van der Waals surface area contributed by atoms with Crippen molar-refractivity contribution in [3.63, 3.8) is 0 Å². The average Bonchev–Trinajstić information content (AvgIpc) is 2.74. The summed E-state index contributed by atoms with van der Waals surface area (Å²) in [5.74, 6) is -2.08. The van der Waals surface area contributed by atoms with Crippen LogP contribution in [0.15, 0.2) is 24.3 Å². The number of rotatable bonds is 2. The highest BCUT2D eigenvalue weighted by Crippen LogP contribution is 2.37. The molecule has 0 unspecified atom stereocenters. The highest BCUT2D eigenvalue weighted by Gasteiger charge is 2.40. The van der Waals surface area contributed by atoms with Crippen LogP contribution < -0.4 is 0 Å². The first-order chi connectivity index (χ1) is 8.50. The van der Waals surface area contributed by atoms with Gasteiger partial charge in [0, 0.05) is 13.5 Å². The summed E-state index contributed by atoms with van der Waals surface area (Å²) in [5, 5.41) is 9.19. The predicted octanol–water partition coefficient (Wildman–Crippen LogP) is 1.82. The molecule has 5 heteroatoms. The molecule has 1 N–H and O–H groups in total. The zero-order valence-corrected chi connectivity index (χ0v) is 9.97. The zero-order valence-electron chi connectivity index (χ0n) is 9.97. The lowest BCUT2D eigenvalue weighted by Crippen LogP contribution is -2.31. The number of likely N-dealkylation sites (tertiary alicyclic amines) is 1. The maximum atomic E-state index is 12.9. The summed E-state index contributed by atoms with van der Waals surface area (Å²) in [6, 6.07) is 5.14. The minimum atomic E-state index is -0.923. The second-order valence-electron chi connectivity index (χ2n) is 4.44. The van der Waals surface area contributed by atoms with Crippen LogP contribution in [0, 0.1) is 11.7 Å². The van der Waals surface area contributed by atoms with E-state index in [1.54, 1.807) is 0 Å². The number of hydrogen-bond donors (Lipinski definition) is 1. The fourth-order valence-corrected chi connectivity index (χ4v) is 2.48. The van der Waals surface area contributed by atoms with Crippen molar-refractivity contribution in [3.05, 3.63) is 35.6 Å². The van der Waals surface area contributed by atoms with Gasteiger partial charge in [-0.1, -0.05) is 12.1 Å². The van der Waals surface area contributed by atoms with Crippen LogP contribution in [0.1, 0.15) is 24.9 Å². The first-order valence-electron chi connectivity index (χ1n) is 5.76. The fourth-order valence-electron chi connectivity index (χ4n) is 2.48. The maximum Gasteiger partial charge on any atom is 0.309 e. The molecule has 1 aromatic carbocycles. The van der Waals surface area contributed by atoms with Gasteiger partial charge in [0.05, 0.1) is 12.0 Å². The molecular formula is C13H14FNO3. The number of halogens is 1. The molecule has 0 bridgehead atoms. The first-order valence-corrected chi connectivity index (χ1v) is 5.76. The number of amides is 1. The van der Waals surface area contributed by atoms with E-state index in [0.29, 0.717) is 18.5 Å². The molecule has 1 amide bonds. The Morgan fingerprint density at radius 3 is 2.44 bits per heavy atom.